The molecule has 140 valence electrons. The van der Waals surface area contributed by atoms with E-state index in [-0.39, 0.29) is 24.3 Å². The number of amides is 1. The van der Waals surface area contributed by atoms with Gasteiger partial charge in [0, 0.05) is 13.0 Å². The van der Waals surface area contributed by atoms with Crippen LogP contribution < -0.4 is 10.6 Å². The highest BCUT2D eigenvalue weighted by atomic mass is 35.5. The van der Waals surface area contributed by atoms with Crippen molar-refractivity contribution >= 4 is 24.3 Å². The number of carbonyl (C=O) groups is 2. The van der Waals surface area contributed by atoms with Crippen molar-refractivity contribution in [3.8, 4) is 0 Å². The average molecular weight is 369 g/mol. The van der Waals surface area contributed by atoms with Crippen LogP contribution in [0.2, 0.25) is 0 Å². The first-order valence-corrected chi connectivity index (χ1v) is 8.83. The highest BCUT2D eigenvalue weighted by Gasteiger charge is 2.21. The second-order valence-corrected chi connectivity index (χ2v) is 6.48. The highest BCUT2D eigenvalue weighted by molar-refractivity contribution is 5.89. The topological polar surface area (TPSA) is 67.4 Å². The van der Waals surface area contributed by atoms with Gasteiger partial charge in [-0.1, -0.05) is 19.1 Å². The fourth-order valence-corrected chi connectivity index (χ4v) is 3.07. The summed E-state index contributed by atoms with van der Waals surface area (Å²) in [4.78, 5) is 23.7. The zero-order chi connectivity index (χ0) is 17.4. The van der Waals surface area contributed by atoms with Gasteiger partial charge in [-0.05, 0) is 62.4 Å². The smallest absolute Gasteiger partial charge is 0.338 e. The van der Waals surface area contributed by atoms with E-state index >= 15 is 0 Å². The second-order valence-electron chi connectivity index (χ2n) is 6.48. The van der Waals surface area contributed by atoms with E-state index in [1.807, 2.05) is 12.1 Å². The molecule has 5 nitrogen and oxygen atoms in total. The SMILES string of the molecule is CCOC(=O)c1ccc(CNC(=O)CC(C)C2CCCNC2)cc1.Cl. The van der Waals surface area contributed by atoms with Crippen LogP contribution in [0.5, 0.6) is 0 Å². The lowest BCUT2D eigenvalue weighted by Crippen LogP contribution is -2.35. The molecule has 1 aliphatic heterocycles. The molecule has 1 heterocycles. The zero-order valence-electron chi connectivity index (χ0n) is 15.0. The van der Waals surface area contributed by atoms with E-state index in [2.05, 4.69) is 17.6 Å². The van der Waals surface area contributed by atoms with Crippen molar-refractivity contribution in [3.05, 3.63) is 35.4 Å². The largest absolute Gasteiger partial charge is 0.462 e. The maximum Gasteiger partial charge on any atom is 0.338 e. The summed E-state index contributed by atoms with van der Waals surface area (Å²) in [6, 6.07) is 7.16. The Hall–Kier alpha value is -1.59. The van der Waals surface area contributed by atoms with Crippen LogP contribution in [0.1, 0.15) is 49.0 Å². The summed E-state index contributed by atoms with van der Waals surface area (Å²) in [6.07, 6.45) is 2.97. The van der Waals surface area contributed by atoms with Crippen molar-refractivity contribution in [1.82, 2.24) is 10.6 Å². The van der Waals surface area contributed by atoms with Crippen LogP contribution in [0.25, 0.3) is 0 Å². The van der Waals surface area contributed by atoms with Gasteiger partial charge in [-0.25, -0.2) is 4.79 Å². The normalized spacial score (nSPS) is 17.9. The van der Waals surface area contributed by atoms with Crippen molar-refractivity contribution in [1.29, 1.82) is 0 Å². The molecule has 0 aliphatic carbocycles. The summed E-state index contributed by atoms with van der Waals surface area (Å²) in [5.41, 5.74) is 1.51. The van der Waals surface area contributed by atoms with Gasteiger partial charge in [-0.3, -0.25) is 4.79 Å². The molecule has 0 aromatic heterocycles. The number of benzene rings is 1. The third kappa shape index (κ3) is 7.04. The van der Waals surface area contributed by atoms with E-state index in [1.165, 1.54) is 12.8 Å². The van der Waals surface area contributed by atoms with Crippen molar-refractivity contribution in [2.45, 2.75) is 39.7 Å². The Morgan fingerprint density at radius 3 is 2.64 bits per heavy atom. The summed E-state index contributed by atoms with van der Waals surface area (Å²) in [7, 11) is 0. The van der Waals surface area contributed by atoms with Gasteiger partial charge in [-0.15, -0.1) is 12.4 Å². The summed E-state index contributed by atoms with van der Waals surface area (Å²) >= 11 is 0. The Kier molecular flexibility index (Phi) is 9.53. The quantitative estimate of drug-likeness (QED) is 0.726. The second kappa shape index (κ2) is 11.1. The molecular weight excluding hydrogens is 340 g/mol. The first kappa shape index (κ1) is 21.5. The molecule has 25 heavy (non-hydrogen) atoms. The van der Waals surface area contributed by atoms with Crippen molar-refractivity contribution in [2.75, 3.05) is 19.7 Å². The van der Waals surface area contributed by atoms with Gasteiger partial charge in [0.25, 0.3) is 0 Å². The highest BCUT2D eigenvalue weighted by Crippen LogP contribution is 2.22. The lowest BCUT2D eigenvalue weighted by molar-refractivity contribution is -0.122. The summed E-state index contributed by atoms with van der Waals surface area (Å²) in [5, 5.41) is 6.37. The lowest BCUT2D eigenvalue weighted by Gasteiger charge is -2.28. The predicted octanol–water partition coefficient (Wildman–Crippen LogP) is 2.93. The van der Waals surface area contributed by atoms with E-state index in [9.17, 15) is 9.59 Å². The van der Waals surface area contributed by atoms with E-state index in [0.717, 1.165) is 18.7 Å². The summed E-state index contributed by atoms with van der Waals surface area (Å²) < 4.78 is 4.95. The number of halogens is 1. The number of carbonyl (C=O) groups excluding carboxylic acids is 2. The van der Waals surface area contributed by atoms with Crippen LogP contribution in [-0.2, 0) is 16.1 Å². The van der Waals surface area contributed by atoms with Gasteiger partial charge in [0.05, 0.1) is 12.2 Å². The molecule has 1 saturated heterocycles. The molecule has 2 unspecified atom stereocenters. The van der Waals surface area contributed by atoms with E-state index in [0.29, 0.717) is 37.0 Å². The third-order valence-corrected chi connectivity index (χ3v) is 4.60. The van der Waals surface area contributed by atoms with Gasteiger partial charge >= 0.3 is 5.97 Å². The first-order chi connectivity index (χ1) is 11.6. The standard InChI is InChI=1S/C19H28N2O3.ClH/c1-3-24-19(23)16-8-6-15(7-9-16)12-21-18(22)11-14(2)17-5-4-10-20-13-17;/h6-9,14,17,20H,3-5,10-13H2,1-2H3,(H,21,22);1H. The van der Waals surface area contributed by atoms with Crippen molar-refractivity contribution in [3.63, 3.8) is 0 Å². The number of esters is 1. The Balaban J connectivity index is 0.00000312. The van der Waals surface area contributed by atoms with Gasteiger partial charge < -0.3 is 15.4 Å². The number of rotatable bonds is 7. The monoisotopic (exact) mass is 368 g/mol. The fourth-order valence-electron chi connectivity index (χ4n) is 3.07. The molecule has 2 atom stereocenters. The Labute approximate surface area is 156 Å². The van der Waals surface area contributed by atoms with Crippen LogP contribution >= 0.6 is 12.4 Å². The maximum absolute atomic E-state index is 12.1. The van der Waals surface area contributed by atoms with Crippen molar-refractivity contribution < 1.29 is 14.3 Å². The van der Waals surface area contributed by atoms with Crippen LogP contribution in [0, 0.1) is 11.8 Å². The van der Waals surface area contributed by atoms with Crippen molar-refractivity contribution in [2.24, 2.45) is 11.8 Å². The maximum atomic E-state index is 12.1. The summed E-state index contributed by atoms with van der Waals surface area (Å²) in [5.74, 6) is 0.753. The molecule has 0 radical (unpaired) electrons. The molecule has 0 saturated carbocycles. The number of ether oxygens (including phenoxy) is 1. The third-order valence-electron chi connectivity index (χ3n) is 4.60. The molecule has 1 fully saturated rings. The molecule has 0 spiro atoms. The summed E-state index contributed by atoms with van der Waals surface area (Å²) in [6.45, 7) is 6.90. The van der Waals surface area contributed by atoms with E-state index in [4.69, 9.17) is 4.74 Å². The van der Waals surface area contributed by atoms with Gasteiger partial charge in [0.15, 0.2) is 0 Å². The molecule has 1 aromatic carbocycles. The lowest BCUT2D eigenvalue weighted by atomic mass is 9.85. The van der Waals surface area contributed by atoms with Gasteiger partial charge in [0.2, 0.25) is 5.91 Å². The van der Waals surface area contributed by atoms with Gasteiger partial charge in [-0.2, -0.15) is 0 Å². The number of hydrogen-bond donors (Lipinski definition) is 2. The minimum Gasteiger partial charge on any atom is -0.462 e. The molecule has 6 heteroatoms. The van der Waals surface area contributed by atoms with Crippen LogP contribution in [0.4, 0.5) is 0 Å². The van der Waals surface area contributed by atoms with Crippen LogP contribution in [0.15, 0.2) is 24.3 Å². The number of piperidine rings is 1. The van der Waals surface area contributed by atoms with Gasteiger partial charge in [0.1, 0.15) is 0 Å². The van der Waals surface area contributed by atoms with E-state index < -0.39 is 0 Å². The first-order valence-electron chi connectivity index (χ1n) is 8.83. The molecule has 1 aromatic rings. The molecule has 0 bridgehead atoms. The molecule has 1 aliphatic rings. The Bertz CT molecular complexity index is 542. The minimum atomic E-state index is -0.317. The number of hydrogen-bond acceptors (Lipinski definition) is 4. The Morgan fingerprint density at radius 2 is 2.04 bits per heavy atom. The fraction of sp³-hybridized carbons (Fsp3) is 0.579. The zero-order valence-corrected chi connectivity index (χ0v) is 15.9. The molecule has 2 rings (SSSR count). The van der Waals surface area contributed by atoms with Crippen LogP contribution in [-0.4, -0.2) is 31.6 Å². The van der Waals surface area contributed by atoms with Crippen LogP contribution in [0.3, 0.4) is 0 Å². The molecular formula is C19H29ClN2O3. The predicted molar refractivity (Wildman–Crippen MR) is 101 cm³/mol. The molecule has 2 N–H and O–H groups in total. The van der Waals surface area contributed by atoms with E-state index in [1.54, 1.807) is 19.1 Å². The average Bonchev–Trinajstić information content (AvgIpc) is 2.61. The minimum absolute atomic E-state index is 0. The molecule has 1 amide bonds. The number of nitrogens with one attached hydrogen (secondary N) is 2. The Morgan fingerprint density at radius 1 is 1.32 bits per heavy atom.